The van der Waals surface area contributed by atoms with Crippen LogP contribution in [-0.4, -0.2) is 22.2 Å². The van der Waals surface area contributed by atoms with E-state index in [0.29, 0.717) is 6.08 Å². The highest BCUT2D eigenvalue weighted by molar-refractivity contribution is 5.94. The lowest BCUT2D eigenvalue weighted by atomic mass is 10.1. The van der Waals surface area contributed by atoms with Gasteiger partial charge in [0, 0.05) is 11.6 Å². The molecule has 0 rings (SSSR count). The average Bonchev–Trinajstić information content (AvgIpc) is 1.96. The third-order valence-corrected chi connectivity index (χ3v) is 1.15. The Morgan fingerprint density at radius 1 is 1.33 bits per heavy atom. The summed E-state index contributed by atoms with van der Waals surface area (Å²) in [5, 5.41) is 16.8. The fourth-order valence-electron chi connectivity index (χ4n) is 0.602. The molecule has 2 N–H and O–H groups in total. The molecule has 4 nitrogen and oxygen atoms in total. The van der Waals surface area contributed by atoms with E-state index in [2.05, 4.69) is 0 Å². The Bertz CT molecular complexity index is 237. The van der Waals surface area contributed by atoms with E-state index < -0.39 is 11.9 Å². The van der Waals surface area contributed by atoms with Crippen LogP contribution in [0.15, 0.2) is 23.8 Å². The first-order valence-electron chi connectivity index (χ1n) is 3.36. The molecule has 0 aliphatic heterocycles. The van der Waals surface area contributed by atoms with E-state index in [1.165, 1.54) is 0 Å². The SMILES string of the molecule is CC=CC/C(=C\C(=O)O)C(=O)O. The molecule has 0 bridgehead atoms. The molecule has 0 heterocycles. The van der Waals surface area contributed by atoms with E-state index in [-0.39, 0.29) is 12.0 Å². The van der Waals surface area contributed by atoms with E-state index in [9.17, 15) is 9.59 Å². The van der Waals surface area contributed by atoms with Crippen molar-refractivity contribution in [3.8, 4) is 0 Å². The van der Waals surface area contributed by atoms with E-state index in [4.69, 9.17) is 10.2 Å². The number of hydrogen-bond acceptors (Lipinski definition) is 2. The molecular formula is C8H10O4. The number of carbonyl (C=O) groups is 2. The van der Waals surface area contributed by atoms with E-state index in [1.54, 1.807) is 19.1 Å². The zero-order valence-electron chi connectivity index (χ0n) is 6.65. The summed E-state index contributed by atoms with van der Waals surface area (Å²) in [6, 6.07) is 0. The van der Waals surface area contributed by atoms with Crippen molar-refractivity contribution in [2.75, 3.05) is 0 Å². The minimum atomic E-state index is -1.24. The molecule has 0 atom stereocenters. The van der Waals surface area contributed by atoms with Gasteiger partial charge in [-0.25, -0.2) is 9.59 Å². The largest absolute Gasteiger partial charge is 0.478 e. The van der Waals surface area contributed by atoms with Gasteiger partial charge in [0.25, 0.3) is 0 Å². The normalized spacial score (nSPS) is 11.9. The highest BCUT2D eigenvalue weighted by Crippen LogP contribution is 2.02. The zero-order valence-corrected chi connectivity index (χ0v) is 6.65. The van der Waals surface area contributed by atoms with Crippen molar-refractivity contribution in [2.24, 2.45) is 0 Å². The van der Waals surface area contributed by atoms with Crippen LogP contribution in [0.4, 0.5) is 0 Å². The summed E-state index contributed by atoms with van der Waals surface area (Å²) < 4.78 is 0. The minimum Gasteiger partial charge on any atom is -0.478 e. The van der Waals surface area contributed by atoms with Crippen LogP contribution in [0.25, 0.3) is 0 Å². The lowest BCUT2D eigenvalue weighted by Gasteiger charge is -1.94. The second-order valence-electron chi connectivity index (χ2n) is 2.09. The van der Waals surface area contributed by atoms with Crippen molar-refractivity contribution in [1.29, 1.82) is 0 Å². The molecule has 0 amide bonds. The van der Waals surface area contributed by atoms with Gasteiger partial charge in [0.1, 0.15) is 0 Å². The summed E-state index contributed by atoms with van der Waals surface area (Å²) in [4.78, 5) is 20.5. The molecule has 0 unspecified atom stereocenters. The zero-order chi connectivity index (χ0) is 9.56. The van der Waals surface area contributed by atoms with E-state index in [1.807, 2.05) is 0 Å². The standard InChI is InChI=1S/C8H10O4/c1-2-3-4-6(8(11)12)5-7(9)10/h2-3,5H,4H2,1H3,(H,9,10)(H,11,12)/b3-2?,6-5+. The molecule has 0 saturated carbocycles. The van der Waals surface area contributed by atoms with E-state index in [0.717, 1.165) is 0 Å². The average molecular weight is 170 g/mol. The topological polar surface area (TPSA) is 74.6 Å². The summed E-state index contributed by atoms with van der Waals surface area (Å²) in [5.41, 5.74) is -0.124. The van der Waals surface area contributed by atoms with Crippen LogP contribution < -0.4 is 0 Å². The molecule has 0 radical (unpaired) electrons. The number of carboxylic acid groups (broad SMARTS) is 2. The van der Waals surface area contributed by atoms with Crippen LogP contribution in [0.2, 0.25) is 0 Å². The van der Waals surface area contributed by atoms with Crippen molar-refractivity contribution in [3.63, 3.8) is 0 Å². The van der Waals surface area contributed by atoms with Crippen LogP contribution in [0.5, 0.6) is 0 Å². The van der Waals surface area contributed by atoms with Crippen molar-refractivity contribution < 1.29 is 19.8 Å². The van der Waals surface area contributed by atoms with Crippen molar-refractivity contribution >= 4 is 11.9 Å². The van der Waals surface area contributed by atoms with Gasteiger partial charge in [-0.3, -0.25) is 0 Å². The quantitative estimate of drug-likeness (QED) is 0.488. The van der Waals surface area contributed by atoms with Gasteiger partial charge >= 0.3 is 11.9 Å². The van der Waals surface area contributed by atoms with Gasteiger partial charge in [0.2, 0.25) is 0 Å². The maximum atomic E-state index is 10.4. The van der Waals surface area contributed by atoms with Gasteiger partial charge < -0.3 is 10.2 Å². The molecule has 0 aliphatic rings. The number of rotatable bonds is 4. The molecular weight excluding hydrogens is 160 g/mol. The minimum absolute atomic E-state index is 0.124. The van der Waals surface area contributed by atoms with Crippen LogP contribution in [0.3, 0.4) is 0 Å². The summed E-state index contributed by atoms with van der Waals surface area (Å²) in [6.07, 6.45) is 4.09. The predicted octanol–water partition coefficient (Wildman–Crippen LogP) is 1.05. The van der Waals surface area contributed by atoms with Gasteiger partial charge in [-0.1, -0.05) is 12.2 Å². The maximum absolute atomic E-state index is 10.4. The Kier molecular flexibility index (Phi) is 4.45. The number of hydrogen-bond donors (Lipinski definition) is 2. The van der Waals surface area contributed by atoms with Gasteiger partial charge in [-0.15, -0.1) is 0 Å². The van der Waals surface area contributed by atoms with Gasteiger partial charge in [-0.05, 0) is 13.3 Å². The first-order valence-corrected chi connectivity index (χ1v) is 3.36. The van der Waals surface area contributed by atoms with Crippen LogP contribution in [-0.2, 0) is 9.59 Å². The van der Waals surface area contributed by atoms with Crippen LogP contribution in [0.1, 0.15) is 13.3 Å². The Balaban J connectivity index is 4.44. The number of allylic oxidation sites excluding steroid dienone is 2. The molecule has 0 aromatic carbocycles. The van der Waals surface area contributed by atoms with Crippen molar-refractivity contribution in [3.05, 3.63) is 23.8 Å². The van der Waals surface area contributed by atoms with Crippen molar-refractivity contribution in [2.45, 2.75) is 13.3 Å². The smallest absolute Gasteiger partial charge is 0.332 e. The molecule has 12 heavy (non-hydrogen) atoms. The molecule has 0 saturated heterocycles. The summed E-state index contributed by atoms with van der Waals surface area (Å²) >= 11 is 0. The Hall–Kier alpha value is -1.58. The first-order chi connectivity index (χ1) is 5.57. The Morgan fingerprint density at radius 3 is 2.25 bits per heavy atom. The molecule has 66 valence electrons. The summed E-state index contributed by atoms with van der Waals surface area (Å²) in [7, 11) is 0. The number of aliphatic carboxylic acids is 2. The summed E-state index contributed by atoms with van der Waals surface area (Å²) in [5.74, 6) is -2.44. The van der Waals surface area contributed by atoms with Gasteiger partial charge in [0.05, 0.1) is 0 Å². The Morgan fingerprint density at radius 2 is 1.92 bits per heavy atom. The second kappa shape index (κ2) is 5.12. The fourth-order valence-corrected chi connectivity index (χ4v) is 0.602. The van der Waals surface area contributed by atoms with Crippen LogP contribution >= 0.6 is 0 Å². The highest BCUT2D eigenvalue weighted by atomic mass is 16.4. The maximum Gasteiger partial charge on any atom is 0.332 e. The predicted molar refractivity (Wildman–Crippen MR) is 42.8 cm³/mol. The summed E-state index contributed by atoms with van der Waals surface area (Å²) in [6.45, 7) is 1.74. The van der Waals surface area contributed by atoms with Gasteiger partial charge in [0.15, 0.2) is 0 Å². The molecule has 0 aromatic heterocycles. The lowest BCUT2D eigenvalue weighted by Crippen LogP contribution is -2.02. The lowest BCUT2D eigenvalue weighted by molar-refractivity contribution is -0.135. The molecule has 0 aromatic rings. The third kappa shape index (κ3) is 4.27. The van der Waals surface area contributed by atoms with Crippen molar-refractivity contribution in [1.82, 2.24) is 0 Å². The monoisotopic (exact) mass is 170 g/mol. The first kappa shape index (κ1) is 10.4. The highest BCUT2D eigenvalue weighted by Gasteiger charge is 2.06. The van der Waals surface area contributed by atoms with E-state index >= 15 is 0 Å². The molecule has 0 spiro atoms. The van der Waals surface area contributed by atoms with Gasteiger partial charge in [-0.2, -0.15) is 0 Å². The second-order valence-corrected chi connectivity index (χ2v) is 2.09. The third-order valence-electron chi connectivity index (χ3n) is 1.15. The Labute approximate surface area is 69.8 Å². The molecule has 4 heteroatoms. The fraction of sp³-hybridized carbons (Fsp3) is 0.250. The molecule has 0 fully saturated rings. The number of carboxylic acids is 2. The van der Waals surface area contributed by atoms with Crippen LogP contribution in [0, 0.1) is 0 Å². The molecule has 0 aliphatic carbocycles.